The van der Waals surface area contributed by atoms with E-state index >= 15 is 0 Å². The van der Waals surface area contributed by atoms with E-state index < -0.39 is 0 Å². The summed E-state index contributed by atoms with van der Waals surface area (Å²) in [4.78, 5) is 13.0. The summed E-state index contributed by atoms with van der Waals surface area (Å²) >= 11 is 0. The summed E-state index contributed by atoms with van der Waals surface area (Å²) in [5.74, 6) is 1.05. The summed E-state index contributed by atoms with van der Waals surface area (Å²) in [6, 6.07) is 10.3. The number of anilines is 1. The van der Waals surface area contributed by atoms with Gasteiger partial charge in [0.2, 0.25) is 5.91 Å². The van der Waals surface area contributed by atoms with Crippen LogP contribution in [0.3, 0.4) is 0 Å². The molecule has 1 spiro atoms. The molecule has 1 aliphatic heterocycles. The van der Waals surface area contributed by atoms with Crippen LogP contribution in [0.2, 0.25) is 0 Å². The Bertz CT molecular complexity index is 855. The number of aryl methyl sites for hydroxylation is 1. The van der Waals surface area contributed by atoms with Crippen LogP contribution in [-0.4, -0.2) is 28.8 Å². The van der Waals surface area contributed by atoms with Crippen molar-refractivity contribution in [1.29, 1.82) is 0 Å². The molecule has 4 rings (SSSR count). The van der Waals surface area contributed by atoms with E-state index in [1.54, 1.807) is 0 Å². The second-order valence-electron chi connectivity index (χ2n) is 9.27. The number of amides is 1. The highest BCUT2D eigenvalue weighted by atomic mass is 16.2. The van der Waals surface area contributed by atoms with Gasteiger partial charge in [0.1, 0.15) is 5.82 Å². The molecule has 144 valence electrons. The highest BCUT2D eigenvalue weighted by molar-refractivity contribution is 5.94. The zero-order valence-corrected chi connectivity index (χ0v) is 16.8. The SMILES string of the molecule is Cc1cccc(-n2nc(C(C)(C)C)cc2NC(=O)C2CC23CCNCC3)c1. The molecule has 5 nitrogen and oxygen atoms in total. The number of rotatable bonds is 3. The fourth-order valence-corrected chi connectivity index (χ4v) is 4.20. The van der Waals surface area contributed by atoms with E-state index in [2.05, 4.69) is 50.5 Å². The number of carbonyl (C=O) groups is 1. The molecule has 1 amide bonds. The minimum atomic E-state index is -0.0790. The molecule has 2 aromatic rings. The number of aromatic nitrogens is 2. The van der Waals surface area contributed by atoms with Crippen LogP contribution in [0.1, 0.15) is 51.3 Å². The van der Waals surface area contributed by atoms with Gasteiger partial charge in [-0.15, -0.1) is 0 Å². The van der Waals surface area contributed by atoms with E-state index in [4.69, 9.17) is 5.10 Å². The minimum absolute atomic E-state index is 0.0790. The largest absolute Gasteiger partial charge is 0.317 e. The first-order chi connectivity index (χ1) is 12.8. The topological polar surface area (TPSA) is 59.0 Å². The third kappa shape index (κ3) is 3.53. The van der Waals surface area contributed by atoms with Crippen LogP contribution in [0, 0.1) is 18.3 Å². The van der Waals surface area contributed by atoms with E-state index in [1.807, 2.05) is 22.9 Å². The lowest BCUT2D eigenvalue weighted by atomic mass is 9.91. The van der Waals surface area contributed by atoms with Gasteiger partial charge in [-0.2, -0.15) is 5.10 Å². The van der Waals surface area contributed by atoms with E-state index in [0.29, 0.717) is 0 Å². The average molecular weight is 367 g/mol. The van der Waals surface area contributed by atoms with Gasteiger partial charge in [-0.1, -0.05) is 32.9 Å². The van der Waals surface area contributed by atoms with E-state index in [9.17, 15) is 4.79 Å². The quantitative estimate of drug-likeness (QED) is 0.868. The molecule has 2 N–H and O–H groups in total. The highest BCUT2D eigenvalue weighted by Gasteiger charge is 2.57. The third-order valence-electron chi connectivity index (χ3n) is 6.08. The van der Waals surface area contributed by atoms with Crippen LogP contribution in [0.25, 0.3) is 5.69 Å². The Morgan fingerprint density at radius 3 is 2.67 bits per heavy atom. The van der Waals surface area contributed by atoms with Crippen molar-refractivity contribution in [2.75, 3.05) is 18.4 Å². The summed E-state index contributed by atoms with van der Waals surface area (Å²) in [7, 11) is 0. The molecule has 0 bridgehead atoms. The summed E-state index contributed by atoms with van der Waals surface area (Å²) < 4.78 is 1.88. The Kier molecular flexibility index (Phi) is 4.38. The molecule has 2 aliphatic rings. The predicted octanol–water partition coefficient (Wildman–Crippen LogP) is 3.81. The van der Waals surface area contributed by atoms with Crippen molar-refractivity contribution in [2.45, 2.75) is 52.4 Å². The van der Waals surface area contributed by atoms with Crippen LogP contribution < -0.4 is 10.6 Å². The van der Waals surface area contributed by atoms with Gasteiger partial charge in [0.05, 0.1) is 11.4 Å². The Labute approximate surface area is 161 Å². The molecule has 1 saturated heterocycles. The molecule has 1 saturated carbocycles. The maximum Gasteiger partial charge on any atom is 0.229 e. The fraction of sp³-hybridized carbons (Fsp3) is 0.545. The Morgan fingerprint density at radius 2 is 2.00 bits per heavy atom. The Hall–Kier alpha value is -2.14. The third-order valence-corrected chi connectivity index (χ3v) is 6.08. The lowest BCUT2D eigenvalue weighted by molar-refractivity contribution is -0.118. The second kappa shape index (κ2) is 6.48. The maximum atomic E-state index is 13.0. The number of carbonyl (C=O) groups excluding carboxylic acids is 1. The lowest BCUT2D eigenvalue weighted by Crippen LogP contribution is -2.31. The van der Waals surface area contributed by atoms with Gasteiger partial charge >= 0.3 is 0 Å². The van der Waals surface area contributed by atoms with E-state index in [1.165, 1.54) is 5.56 Å². The van der Waals surface area contributed by atoms with E-state index in [0.717, 1.165) is 49.6 Å². The molecule has 1 aliphatic carbocycles. The van der Waals surface area contributed by atoms with Crippen molar-refractivity contribution in [2.24, 2.45) is 11.3 Å². The predicted molar refractivity (Wildman–Crippen MR) is 108 cm³/mol. The van der Waals surface area contributed by atoms with Crippen molar-refractivity contribution in [3.05, 3.63) is 41.6 Å². The van der Waals surface area contributed by atoms with Crippen LogP contribution in [0.15, 0.2) is 30.3 Å². The van der Waals surface area contributed by atoms with Crippen molar-refractivity contribution >= 4 is 11.7 Å². The summed E-state index contributed by atoms with van der Waals surface area (Å²) in [6.07, 6.45) is 3.23. The zero-order chi connectivity index (χ0) is 19.2. The molecule has 1 unspecified atom stereocenters. The van der Waals surface area contributed by atoms with Gasteiger partial charge < -0.3 is 10.6 Å². The molecule has 1 atom stereocenters. The van der Waals surface area contributed by atoms with Crippen molar-refractivity contribution in [3.8, 4) is 5.69 Å². The number of benzene rings is 1. The molecule has 1 aromatic carbocycles. The van der Waals surface area contributed by atoms with Gasteiger partial charge in [0.15, 0.2) is 0 Å². The van der Waals surface area contributed by atoms with Gasteiger partial charge in [0.25, 0.3) is 0 Å². The van der Waals surface area contributed by atoms with Crippen LogP contribution >= 0.6 is 0 Å². The molecular formula is C22H30N4O. The number of hydrogen-bond acceptors (Lipinski definition) is 3. The van der Waals surface area contributed by atoms with Crippen molar-refractivity contribution < 1.29 is 4.79 Å². The van der Waals surface area contributed by atoms with Gasteiger partial charge in [-0.05, 0) is 62.4 Å². The standard InChI is InChI=1S/C22H30N4O/c1-15-6-5-7-16(12-15)26-19(13-18(25-26)21(2,3)4)24-20(27)17-14-22(17)8-10-23-11-9-22/h5-7,12-13,17,23H,8-11,14H2,1-4H3,(H,24,27). The first kappa shape index (κ1) is 18.2. The second-order valence-corrected chi connectivity index (χ2v) is 9.27. The van der Waals surface area contributed by atoms with Gasteiger partial charge in [-0.3, -0.25) is 4.79 Å². The molecule has 2 heterocycles. The summed E-state index contributed by atoms with van der Waals surface area (Å²) in [6.45, 7) is 10.6. The van der Waals surface area contributed by atoms with Crippen LogP contribution in [0.5, 0.6) is 0 Å². The van der Waals surface area contributed by atoms with Gasteiger partial charge in [-0.25, -0.2) is 4.68 Å². The van der Waals surface area contributed by atoms with Crippen molar-refractivity contribution in [3.63, 3.8) is 0 Å². The average Bonchev–Trinajstić information content (AvgIpc) is 3.11. The summed E-state index contributed by atoms with van der Waals surface area (Å²) in [5.41, 5.74) is 3.29. The summed E-state index contributed by atoms with van der Waals surface area (Å²) in [5, 5.41) is 11.4. The van der Waals surface area contributed by atoms with Crippen LogP contribution in [-0.2, 0) is 10.2 Å². The molecular weight excluding hydrogens is 336 g/mol. The van der Waals surface area contributed by atoms with Crippen LogP contribution in [0.4, 0.5) is 5.82 Å². The number of nitrogens with one attached hydrogen (secondary N) is 2. The van der Waals surface area contributed by atoms with Crippen molar-refractivity contribution in [1.82, 2.24) is 15.1 Å². The minimum Gasteiger partial charge on any atom is -0.317 e. The molecule has 1 aromatic heterocycles. The molecule has 5 heteroatoms. The Balaban J connectivity index is 1.61. The fourth-order valence-electron chi connectivity index (χ4n) is 4.20. The first-order valence-corrected chi connectivity index (χ1v) is 9.98. The Morgan fingerprint density at radius 1 is 1.26 bits per heavy atom. The molecule has 0 radical (unpaired) electrons. The number of hydrogen-bond donors (Lipinski definition) is 2. The normalized spacial score (nSPS) is 21.3. The lowest BCUT2D eigenvalue weighted by Gasteiger charge is -2.23. The van der Waals surface area contributed by atoms with Gasteiger partial charge in [0, 0.05) is 17.4 Å². The zero-order valence-electron chi connectivity index (χ0n) is 16.8. The monoisotopic (exact) mass is 366 g/mol. The molecule has 27 heavy (non-hydrogen) atoms. The maximum absolute atomic E-state index is 13.0. The number of nitrogens with zero attached hydrogens (tertiary/aromatic N) is 2. The number of piperidine rings is 1. The first-order valence-electron chi connectivity index (χ1n) is 9.98. The highest BCUT2D eigenvalue weighted by Crippen LogP contribution is 2.58. The smallest absolute Gasteiger partial charge is 0.229 e. The van der Waals surface area contributed by atoms with E-state index in [-0.39, 0.29) is 22.7 Å². The molecule has 2 fully saturated rings.